The molecule has 0 unspecified atom stereocenters. The highest BCUT2D eigenvalue weighted by molar-refractivity contribution is 7.71. The van der Waals surface area contributed by atoms with Gasteiger partial charge in [0.2, 0.25) is 6.79 Å². The van der Waals surface area contributed by atoms with Crippen LogP contribution in [-0.4, -0.2) is 37.5 Å². The quantitative estimate of drug-likeness (QED) is 0.726. The number of rotatable bonds is 4. The zero-order chi connectivity index (χ0) is 20.5. The number of nitrogens with zero attached hydrogens (tertiary/aromatic N) is 2. The van der Waals surface area contributed by atoms with Crippen molar-refractivity contribution < 1.29 is 19.3 Å². The molecule has 0 saturated carbocycles. The van der Waals surface area contributed by atoms with Gasteiger partial charge in [0.25, 0.3) is 0 Å². The van der Waals surface area contributed by atoms with E-state index < -0.39 is 0 Å². The van der Waals surface area contributed by atoms with Gasteiger partial charge in [0.1, 0.15) is 43.4 Å². The van der Waals surface area contributed by atoms with E-state index in [-0.39, 0.29) is 0 Å². The number of fused-ring (bicyclic) bond motifs is 1. The lowest BCUT2D eigenvalue weighted by molar-refractivity contribution is -1.03. The minimum absolute atomic E-state index is 0.321. The standard InChI is InChI=1S/C22H26N4O2S/c1-15-16(2)19(11-23)22(29)26(17(15)3)13-25-8-6-24(7-9-25)12-18-4-5-20-21(10-18)28-14-27-20/h4-5,10H,6-9,12-14H2,1-3H3/p+2. The molecule has 0 spiro atoms. The van der Waals surface area contributed by atoms with Crippen LogP contribution in [0.4, 0.5) is 0 Å². The number of pyridine rings is 1. The van der Waals surface area contributed by atoms with E-state index >= 15 is 0 Å². The van der Waals surface area contributed by atoms with E-state index in [0.29, 0.717) is 17.0 Å². The number of benzene rings is 1. The maximum atomic E-state index is 9.52. The molecule has 4 rings (SSSR count). The lowest BCUT2D eigenvalue weighted by Gasteiger charge is -2.31. The number of ether oxygens (including phenoxy) is 2. The smallest absolute Gasteiger partial charge is 0.231 e. The highest BCUT2D eigenvalue weighted by Crippen LogP contribution is 2.32. The van der Waals surface area contributed by atoms with Crippen LogP contribution < -0.4 is 19.3 Å². The van der Waals surface area contributed by atoms with Crippen molar-refractivity contribution in [1.82, 2.24) is 4.57 Å². The number of hydrogen-bond donors (Lipinski definition) is 2. The van der Waals surface area contributed by atoms with Gasteiger partial charge in [-0.15, -0.1) is 0 Å². The largest absolute Gasteiger partial charge is 0.454 e. The summed E-state index contributed by atoms with van der Waals surface area (Å²) in [7, 11) is 0. The first-order valence-corrected chi connectivity index (χ1v) is 10.5. The van der Waals surface area contributed by atoms with Gasteiger partial charge >= 0.3 is 0 Å². The van der Waals surface area contributed by atoms with E-state index in [1.165, 1.54) is 21.7 Å². The summed E-state index contributed by atoms with van der Waals surface area (Å²) in [6, 6.07) is 8.56. The molecule has 3 heterocycles. The molecular formula is C22H28N4O2S+2. The number of aromatic nitrogens is 1. The van der Waals surface area contributed by atoms with Crippen molar-refractivity contribution in [2.24, 2.45) is 0 Å². The molecule has 0 amide bonds. The molecule has 2 aliphatic rings. The summed E-state index contributed by atoms with van der Waals surface area (Å²) in [5.74, 6) is 1.70. The van der Waals surface area contributed by atoms with Gasteiger partial charge in [-0.05, 0) is 50.1 Å². The Kier molecular flexibility index (Phi) is 5.59. The van der Waals surface area contributed by atoms with Crippen molar-refractivity contribution in [2.45, 2.75) is 34.0 Å². The molecule has 0 aliphatic carbocycles. The highest BCUT2D eigenvalue weighted by atomic mass is 32.1. The molecule has 1 fully saturated rings. The van der Waals surface area contributed by atoms with Gasteiger partial charge < -0.3 is 19.3 Å². The Balaban J connectivity index is 1.40. The lowest BCUT2D eigenvalue weighted by atomic mass is 10.0. The van der Waals surface area contributed by atoms with E-state index in [1.54, 1.807) is 4.90 Å². The summed E-state index contributed by atoms with van der Waals surface area (Å²) in [6.45, 7) is 12.8. The summed E-state index contributed by atoms with van der Waals surface area (Å²) in [5.41, 5.74) is 5.29. The Hall–Kier alpha value is -2.40. The summed E-state index contributed by atoms with van der Waals surface area (Å²) >= 11 is 5.64. The molecule has 152 valence electrons. The number of quaternary nitrogens is 2. The number of hydrogen-bond acceptors (Lipinski definition) is 4. The van der Waals surface area contributed by atoms with Gasteiger partial charge in [-0.25, -0.2) is 0 Å². The van der Waals surface area contributed by atoms with Crippen LogP contribution >= 0.6 is 12.2 Å². The van der Waals surface area contributed by atoms with Crippen LogP contribution in [0.2, 0.25) is 0 Å². The fraction of sp³-hybridized carbons (Fsp3) is 0.455. The number of nitriles is 1. The molecule has 1 aromatic heterocycles. The monoisotopic (exact) mass is 412 g/mol. The zero-order valence-corrected chi connectivity index (χ0v) is 18.1. The Bertz CT molecular complexity index is 1030. The predicted octanol–water partition coefficient (Wildman–Crippen LogP) is 0.684. The molecule has 1 saturated heterocycles. The fourth-order valence-electron chi connectivity index (χ4n) is 4.29. The lowest BCUT2D eigenvalue weighted by Crippen LogP contribution is -3.27. The molecule has 7 heteroatoms. The molecule has 1 aromatic carbocycles. The normalized spacial score (nSPS) is 20.5. The van der Waals surface area contributed by atoms with Gasteiger partial charge in [-0.3, -0.25) is 4.57 Å². The third-order valence-electron chi connectivity index (χ3n) is 6.39. The number of nitrogens with one attached hydrogen (secondary N) is 2. The maximum Gasteiger partial charge on any atom is 0.231 e. The van der Waals surface area contributed by atoms with Crippen molar-refractivity contribution in [1.29, 1.82) is 5.26 Å². The van der Waals surface area contributed by atoms with Crippen LogP contribution in [0, 0.1) is 36.7 Å². The minimum atomic E-state index is 0.321. The fourth-order valence-corrected chi connectivity index (χ4v) is 4.69. The minimum Gasteiger partial charge on any atom is -0.454 e. The summed E-state index contributed by atoms with van der Waals surface area (Å²) in [6.07, 6.45) is 0. The Morgan fingerprint density at radius 3 is 2.45 bits per heavy atom. The molecule has 0 atom stereocenters. The predicted molar refractivity (Wildman–Crippen MR) is 112 cm³/mol. The Morgan fingerprint density at radius 1 is 1.03 bits per heavy atom. The Labute approximate surface area is 176 Å². The first-order chi connectivity index (χ1) is 14.0. The van der Waals surface area contributed by atoms with Crippen molar-refractivity contribution in [2.75, 3.05) is 33.0 Å². The Morgan fingerprint density at radius 2 is 1.72 bits per heavy atom. The van der Waals surface area contributed by atoms with E-state index in [2.05, 4.69) is 36.6 Å². The molecule has 0 bridgehead atoms. The van der Waals surface area contributed by atoms with Crippen LogP contribution in [0.15, 0.2) is 18.2 Å². The summed E-state index contributed by atoms with van der Waals surface area (Å²) in [5, 5.41) is 9.52. The van der Waals surface area contributed by atoms with Gasteiger partial charge in [-0.1, -0.05) is 12.2 Å². The first kappa shape index (κ1) is 19.9. The second kappa shape index (κ2) is 8.15. The van der Waals surface area contributed by atoms with Crippen LogP contribution in [0.5, 0.6) is 11.5 Å². The van der Waals surface area contributed by atoms with E-state index in [0.717, 1.165) is 56.5 Å². The van der Waals surface area contributed by atoms with E-state index in [4.69, 9.17) is 21.7 Å². The molecular weight excluding hydrogens is 384 g/mol. The third kappa shape index (κ3) is 3.88. The van der Waals surface area contributed by atoms with Crippen molar-refractivity contribution in [3.8, 4) is 17.6 Å². The SMILES string of the molecule is Cc1c(C)c(C)n(C[NH+]2CC[NH+](Cc3ccc4c(c3)OCO4)CC2)c(=S)c1C#N. The topological polar surface area (TPSA) is 56.1 Å². The van der Waals surface area contributed by atoms with Crippen molar-refractivity contribution in [3.63, 3.8) is 0 Å². The van der Waals surface area contributed by atoms with Gasteiger partial charge in [0.05, 0.1) is 5.56 Å². The number of piperazine rings is 1. The van der Waals surface area contributed by atoms with Crippen LogP contribution in [-0.2, 0) is 13.2 Å². The average molecular weight is 413 g/mol. The van der Waals surface area contributed by atoms with E-state index in [1.807, 2.05) is 13.0 Å². The molecule has 2 aliphatic heterocycles. The molecule has 29 heavy (non-hydrogen) atoms. The third-order valence-corrected chi connectivity index (χ3v) is 6.82. The molecule has 0 radical (unpaired) electrons. The van der Waals surface area contributed by atoms with Crippen molar-refractivity contribution >= 4 is 12.2 Å². The molecule has 6 nitrogen and oxygen atoms in total. The summed E-state index contributed by atoms with van der Waals surface area (Å²) in [4.78, 5) is 3.11. The zero-order valence-electron chi connectivity index (χ0n) is 17.3. The van der Waals surface area contributed by atoms with Gasteiger partial charge in [0, 0.05) is 11.3 Å². The highest BCUT2D eigenvalue weighted by Gasteiger charge is 2.25. The maximum absolute atomic E-state index is 9.52. The second-order valence-electron chi connectivity index (χ2n) is 8.08. The first-order valence-electron chi connectivity index (χ1n) is 10.1. The average Bonchev–Trinajstić information content (AvgIpc) is 3.19. The van der Waals surface area contributed by atoms with Gasteiger partial charge in [-0.2, -0.15) is 5.26 Å². The summed E-state index contributed by atoms with van der Waals surface area (Å²) < 4.78 is 13.7. The second-order valence-corrected chi connectivity index (χ2v) is 8.46. The van der Waals surface area contributed by atoms with E-state index in [9.17, 15) is 5.26 Å². The van der Waals surface area contributed by atoms with Gasteiger partial charge in [0.15, 0.2) is 18.2 Å². The van der Waals surface area contributed by atoms with Crippen LogP contribution in [0.1, 0.15) is 27.9 Å². The van der Waals surface area contributed by atoms with Crippen LogP contribution in [0.3, 0.4) is 0 Å². The van der Waals surface area contributed by atoms with Crippen molar-refractivity contribution in [3.05, 3.63) is 50.8 Å². The molecule has 2 N–H and O–H groups in total. The molecule has 2 aromatic rings. The van der Waals surface area contributed by atoms with Crippen LogP contribution in [0.25, 0.3) is 0 Å².